The Morgan fingerprint density at radius 1 is 0.361 bits per heavy atom. The normalized spacial score (nSPS) is 11.2. The van der Waals surface area contributed by atoms with Crippen LogP contribution in [0.4, 0.5) is 0 Å². The fraction of sp³-hybridized carbons (Fsp3) is 0.0606. The summed E-state index contributed by atoms with van der Waals surface area (Å²) in [6.07, 6.45) is 8.97. The molecule has 12 rings (SSSR count). The van der Waals surface area contributed by atoms with Crippen LogP contribution in [0.3, 0.4) is 0 Å². The van der Waals surface area contributed by atoms with E-state index in [9.17, 15) is 0 Å². The summed E-state index contributed by atoms with van der Waals surface area (Å²) in [5.74, 6) is 0. The molecule has 0 N–H and O–H groups in total. The van der Waals surface area contributed by atoms with E-state index in [0.29, 0.717) is 5.71 Å². The topological polar surface area (TPSA) is 64.7 Å². The number of fused-ring (bicyclic) bond motifs is 3. The van der Waals surface area contributed by atoms with Gasteiger partial charge in [-0.1, -0.05) is 163 Å². The van der Waals surface area contributed by atoms with Crippen molar-refractivity contribution in [3.05, 3.63) is 265 Å². The van der Waals surface area contributed by atoms with E-state index >= 15 is 0 Å². The summed E-state index contributed by atoms with van der Waals surface area (Å²) in [6.45, 7) is 0. The summed E-state index contributed by atoms with van der Waals surface area (Å²) in [7, 11) is 0. The first-order valence-corrected chi connectivity index (χ1v) is 24.1. The van der Waals surface area contributed by atoms with Crippen molar-refractivity contribution in [3.63, 3.8) is 0 Å². The van der Waals surface area contributed by atoms with Crippen molar-refractivity contribution in [2.75, 3.05) is 0 Å². The second-order valence-electron chi connectivity index (χ2n) is 17.9. The third-order valence-corrected chi connectivity index (χ3v) is 13.2. The van der Waals surface area contributed by atoms with Crippen LogP contribution in [0, 0.1) is 18.2 Å². The smallest absolute Gasteiger partial charge is 0.437 e. The average Bonchev–Trinajstić information content (AvgIpc) is 3.83. The molecule has 0 fully saturated rings. The quantitative estimate of drug-likeness (QED) is 0.108. The van der Waals surface area contributed by atoms with Gasteiger partial charge in [0.05, 0.1) is 5.39 Å². The zero-order chi connectivity index (χ0) is 47.3. The van der Waals surface area contributed by atoms with E-state index in [0.717, 1.165) is 109 Å². The van der Waals surface area contributed by atoms with Gasteiger partial charge in [-0.15, -0.1) is 94.5 Å². The van der Waals surface area contributed by atoms with Crippen LogP contribution in [0.2, 0.25) is 0 Å². The molecule has 0 radical (unpaired) electrons. The van der Waals surface area contributed by atoms with Gasteiger partial charge in [-0.2, -0.15) is 0 Å². The summed E-state index contributed by atoms with van der Waals surface area (Å²) in [5.41, 5.74) is 21.8. The summed E-state index contributed by atoms with van der Waals surface area (Å²) in [5, 5.41) is 0.891. The van der Waals surface area contributed by atoms with Gasteiger partial charge >= 0.3 is 20.1 Å². The maximum atomic E-state index is 6.19. The first-order valence-electron chi connectivity index (χ1n) is 24.1. The number of furan rings is 1. The minimum Gasteiger partial charge on any atom is -0.437 e. The van der Waals surface area contributed by atoms with Crippen LogP contribution in [-0.2, 0) is 45.8 Å². The molecule has 0 aliphatic heterocycles. The molecule has 5 nitrogen and oxygen atoms in total. The van der Waals surface area contributed by atoms with Crippen molar-refractivity contribution in [3.8, 4) is 78.3 Å². The molecular weight excluding hydrogens is 1060 g/mol. The molecular formula is C66H45IrN4O. The molecule has 0 atom stereocenters. The summed E-state index contributed by atoms with van der Waals surface area (Å²) < 4.78 is 6.19. The number of nitrogens with zero attached hydrogens (tertiary/aromatic N) is 4. The average molecular weight is 1100 g/mol. The van der Waals surface area contributed by atoms with Crippen LogP contribution >= 0.6 is 0 Å². The third kappa shape index (κ3) is 9.84. The second-order valence-corrected chi connectivity index (χ2v) is 17.9. The molecule has 5 heterocycles. The van der Waals surface area contributed by atoms with Crippen LogP contribution in [0.15, 0.2) is 229 Å². The molecule has 0 amide bonds. The van der Waals surface area contributed by atoms with E-state index < -0.39 is 0 Å². The Kier molecular flexibility index (Phi) is 13.4. The summed E-state index contributed by atoms with van der Waals surface area (Å²) >= 11 is 0. The maximum absolute atomic E-state index is 6.19. The number of hydrogen-bond donors (Lipinski definition) is 0. The van der Waals surface area contributed by atoms with Crippen LogP contribution in [0.5, 0.6) is 0 Å². The van der Waals surface area contributed by atoms with Crippen LogP contribution in [-0.4, -0.2) is 19.9 Å². The molecule has 6 heteroatoms. The number of aryl methyl sites for hydroxylation is 4. The zero-order valence-corrected chi connectivity index (χ0v) is 41.6. The Labute approximate surface area is 433 Å². The molecule has 0 aliphatic rings. The largest absolute Gasteiger partial charge is 3.00 e. The number of rotatable bonds is 13. The van der Waals surface area contributed by atoms with Gasteiger partial charge in [-0.3, -0.25) is 9.97 Å². The van der Waals surface area contributed by atoms with Crippen LogP contribution in [0.1, 0.15) is 22.3 Å². The van der Waals surface area contributed by atoms with E-state index in [1.54, 1.807) is 6.20 Å². The molecule has 0 saturated carbocycles. The number of aromatic nitrogens is 4. The van der Waals surface area contributed by atoms with Gasteiger partial charge in [0.2, 0.25) is 5.71 Å². The Morgan fingerprint density at radius 3 is 1.58 bits per heavy atom. The molecule has 0 unspecified atom stereocenters. The second kappa shape index (κ2) is 20.9. The number of hydrogen-bond acceptors (Lipinski definition) is 5. The van der Waals surface area contributed by atoms with Gasteiger partial charge in [0, 0.05) is 18.6 Å². The third-order valence-electron chi connectivity index (χ3n) is 13.2. The van der Waals surface area contributed by atoms with Gasteiger partial charge in [-0.05, 0) is 93.1 Å². The predicted octanol–water partition coefficient (Wildman–Crippen LogP) is 15.8. The molecule has 72 heavy (non-hydrogen) atoms. The van der Waals surface area contributed by atoms with Crippen molar-refractivity contribution < 1.29 is 24.5 Å². The maximum Gasteiger partial charge on any atom is 3.00 e. The zero-order valence-electron chi connectivity index (χ0n) is 39.2. The van der Waals surface area contributed by atoms with Crippen molar-refractivity contribution in [1.29, 1.82) is 0 Å². The Hall–Kier alpha value is -8.41. The van der Waals surface area contributed by atoms with Gasteiger partial charge in [0.1, 0.15) is 5.52 Å². The minimum absolute atomic E-state index is 0. The molecule has 344 valence electrons. The van der Waals surface area contributed by atoms with Gasteiger partial charge in [-0.25, -0.2) is 0 Å². The first kappa shape index (κ1) is 46.0. The fourth-order valence-electron chi connectivity index (χ4n) is 9.54. The first-order chi connectivity index (χ1) is 35.1. The monoisotopic (exact) mass is 1100 g/mol. The van der Waals surface area contributed by atoms with E-state index in [1.807, 2.05) is 67.0 Å². The van der Waals surface area contributed by atoms with E-state index in [2.05, 4.69) is 185 Å². The van der Waals surface area contributed by atoms with Gasteiger partial charge in [0.25, 0.3) is 0 Å². The molecule has 0 bridgehead atoms. The number of benzene rings is 7. The minimum atomic E-state index is 0. The molecule has 7 aromatic carbocycles. The number of pyridine rings is 4. The van der Waals surface area contributed by atoms with Crippen molar-refractivity contribution in [2.24, 2.45) is 0 Å². The van der Waals surface area contributed by atoms with Gasteiger partial charge in [0.15, 0.2) is 5.58 Å². The Bertz CT molecular complexity index is 3680. The van der Waals surface area contributed by atoms with Crippen molar-refractivity contribution in [1.82, 2.24) is 19.9 Å². The fourth-order valence-corrected chi connectivity index (χ4v) is 9.54. The van der Waals surface area contributed by atoms with Crippen LogP contribution in [0.25, 0.3) is 100 Å². The van der Waals surface area contributed by atoms with Crippen LogP contribution < -0.4 is 0 Å². The summed E-state index contributed by atoms with van der Waals surface area (Å²) in [6, 6.07) is 83.2. The predicted molar refractivity (Wildman–Crippen MR) is 287 cm³/mol. The van der Waals surface area contributed by atoms with Crippen molar-refractivity contribution >= 4 is 22.2 Å². The van der Waals surface area contributed by atoms with Crippen molar-refractivity contribution in [2.45, 2.75) is 25.7 Å². The van der Waals surface area contributed by atoms with E-state index in [4.69, 9.17) is 9.40 Å². The molecule has 0 saturated heterocycles. The van der Waals surface area contributed by atoms with E-state index in [1.165, 1.54) is 33.4 Å². The molecule has 5 aromatic heterocycles. The van der Waals surface area contributed by atoms with E-state index in [-0.39, 0.29) is 20.1 Å². The molecule has 0 spiro atoms. The Balaban J connectivity index is 0.00000560. The molecule has 0 aliphatic carbocycles. The Morgan fingerprint density at radius 2 is 0.944 bits per heavy atom. The molecule has 12 aromatic rings. The standard InChI is InChI=1S/C66H45N4O.Ir/c1-2-11-49(12-3-1)50-30-32-51(33-31-50)60-44-54(63-37-36-59-65-64(17-10-40-69-65)71-66(59)70-63)34-35-58(60)57-14-5-4-13-56(57)55-42-47(20-18-45-22-26-52(27-23-45)61-15-6-8-38-67-61)41-48(43-55)21-19-46-24-28-53(29-25-46)62-16-7-9-39-68-62;/h1-17,22-26,28,30-33,35-44H,18-21H2;/q-3;+3. The SMILES string of the molecule is [Ir+3].[c-]1cc(CCc2cc(CCc3c[c-]c(-c4ccccn4)cc3)cc(-c3ccccc3-c3c[c-]c(-c4ccc5c(n4)oc4cccnc45)cc3-c3ccc(-c4ccccc4)cc3)c2)ccc1-c1ccccn1. The van der Waals surface area contributed by atoms with Gasteiger partial charge < -0.3 is 14.4 Å². The summed E-state index contributed by atoms with van der Waals surface area (Å²) in [4.78, 5) is 18.7.